The second-order valence-corrected chi connectivity index (χ2v) is 6.00. The lowest BCUT2D eigenvalue weighted by Crippen LogP contribution is -2.47. The van der Waals surface area contributed by atoms with Crippen LogP contribution in [0.15, 0.2) is 11.2 Å². The van der Waals surface area contributed by atoms with Gasteiger partial charge in [0.1, 0.15) is 0 Å². The van der Waals surface area contributed by atoms with Crippen molar-refractivity contribution >= 4 is 5.96 Å². The molecule has 0 bridgehead atoms. The number of hydrogen-bond acceptors (Lipinski definition) is 3. The number of piperidine rings is 1. The molecule has 1 aromatic rings. The molecule has 1 saturated heterocycles. The molecular weight excluding hydrogens is 290 g/mol. The van der Waals surface area contributed by atoms with Gasteiger partial charge < -0.3 is 15.0 Å². The summed E-state index contributed by atoms with van der Waals surface area (Å²) in [4.78, 5) is 7.16. The van der Waals surface area contributed by atoms with Crippen molar-refractivity contribution in [2.75, 3.05) is 32.8 Å². The minimum Gasteiger partial charge on any atom is -0.378 e. The van der Waals surface area contributed by atoms with Gasteiger partial charge in [-0.2, -0.15) is 5.10 Å². The Kier molecular flexibility index (Phi) is 7.39. The Labute approximate surface area is 139 Å². The number of rotatable bonds is 7. The zero-order valence-corrected chi connectivity index (χ0v) is 14.8. The number of aromatic amines is 1. The van der Waals surface area contributed by atoms with E-state index in [1.165, 1.54) is 11.3 Å². The fraction of sp³-hybridized carbons (Fsp3) is 0.765. The van der Waals surface area contributed by atoms with Crippen LogP contribution in [0.5, 0.6) is 0 Å². The Morgan fingerprint density at radius 2 is 2.22 bits per heavy atom. The number of ether oxygens (including phenoxy) is 1. The first kappa shape index (κ1) is 17.8. The molecule has 2 heterocycles. The summed E-state index contributed by atoms with van der Waals surface area (Å²) in [5, 5.41) is 10.5. The van der Waals surface area contributed by atoms with Crippen molar-refractivity contribution in [2.24, 2.45) is 4.99 Å². The summed E-state index contributed by atoms with van der Waals surface area (Å²) in [5.74, 6) is 1.05. The van der Waals surface area contributed by atoms with Crippen LogP contribution >= 0.6 is 0 Å². The summed E-state index contributed by atoms with van der Waals surface area (Å²) in [7, 11) is 0. The summed E-state index contributed by atoms with van der Waals surface area (Å²) in [5.41, 5.74) is 2.46. The number of nitrogens with zero attached hydrogens (tertiary/aromatic N) is 3. The van der Waals surface area contributed by atoms with E-state index in [0.717, 1.165) is 64.4 Å². The summed E-state index contributed by atoms with van der Waals surface area (Å²) in [6.07, 6.45) is 6.59. The van der Waals surface area contributed by atoms with E-state index in [-0.39, 0.29) is 0 Å². The highest BCUT2D eigenvalue weighted by molar-refractivity contribution is 5.80. The van der Waals surface area contributed by atoms with E-state index in [1.807, 2.05) is 6.20 Å². The smallest absolute Gasteiger partial charge is 0.193 e. The number of nitrogens with one attached hydrogen (secondary N) is 2. The Balaban J connectivity index is 1.79. The maximum absolute atomic E-state index is 5.73. The molecule has 6 heteroatoms. The molecule has 0 spiro atoms. The first-order chi connectivity index (χ1) is 11.2. The number of likely N-dealkylation sites (tertiary alicyclic amines) is 1. The molecule has 0 saturated carbocycles. The van der Waals surface area contributed by atoms with Crippen LogP contribution in [0.4, 0.5) is 0 Å². The normalized spacial score (nSPS) is 16.8. The van der Waals surface area contributed by atoms with Crippen molar-refractivity contribution in [3.63, 3.8) is 0 Å². The van der Waals surface area contributed by atoms with E-state index in [0.29, 0.717) is 6.10 Å². The predicted molar refractivity (Wildman–Crippen MR) is 93.8 cm³/mol. The standard InChI is InChI=1S/C17H31N5O/c1-4-18-17(22-11-8-16(9-12-22)23-5-2)19-10-6-7-15-13-20-21-14(15)3/h13,16H,4-12H2,1-3H3,(H,18,19)(H,20,21). The first-order valence-corrected chi connectivity index (χ1v) is 8.88. The topological polar surface area (TPSA) is 65.5 Å². The van der Waals surface area contributed by atoms with Crippen LogP contribution in [-0.4, -0.2) is 59.9 Å². The van der Waals surface area contributed by atoms with Gasteiger partial charge in [-0.25, -0.2) is 0 Å². The fourth-order valence-corrected chi connectivity index (χ4v) is 2.98. The van der Waals surface area contributed by atoms with Crippen molar-refractivity contribution in [1.82, 2.24) is 20.4 Å². The van der Waals surface area contributed by atoms with Crippen molar-refractivity contribution < 1.29 is 4.74 Å². The van der Waals surface area contributed by atoms with E-state index in [9.17, 15) is 0 Å². The molecule has 23 heavy (non-hydrogen) atoms. The van der Waals surface area contributed by atoms with Gasteiger partial charge in [-0.1, -0.05) is 0 Å². The molecule has 0 atom stereocenters. The number of guanidine groups is 1. The second kappa shape index (κ2) is 9.55. The van der Waals surface area contributed by atoms with Gasteiger partial charge in [0.25, 0.3) is 0 Å². The third-order valence-corrected chi connectivity index (χ3v) is 4.28. The maximum atomic E-state index is 5.73. The van der Waals surface area contributed by atoms with Crippen LogP contribution < -0.4 is 5.32 Å². The van der Waals surface area contributed by atoms with Gasteiger partial charge in [-0.05, 0) is 52.0 Å². The van der Waals surface area contributed by atoms with Crippen molar-refractivity contribution in [3.8, 4) is 0 Å². The molecule has 0 unspecified atom stereocenters. The van der Waals surface area contributed by atoms with Gasteiger partial charge in [0.05, 0.1) is 12.3 Å². The van der Waals surface area contributed by atoms with Gasteiger partial charge in [-0.15, -0.1) is 0 Å². The van der Waals surface area contributed by atoms with Gasteiger partial charge in [-0.3, -0.25) is 10.1 Å². The molecule has 1 fully saturated rings. The van der Waals surface area contributed by atoms with Gasteiger partial charge in [0, 0.05) is 38.5 Å². The molecule has 2 N–H and O–H groups in total. The molecule has 1 aliphatic rings. The summed E-state index contributed by atoms with van der Waals surface area (Å²) >= 11 is 0. The predicted octanol–water partition coefficient (Wildman–Crippen LogP) is 2.12. The lowest BCUT2D eigenvalue weighted by molar-refractivity contribution is 0.0264. The highest BCUT2D eigenvalue weighted by Crippen LogP contribution is 2.14. The average molecular weight is 321 g/mol. The molecule has 1 aliphatic heterocycles. The molecular formula is C17H31N5O. The zero-order valence-electron chi connectivity index (χ0n) is 14.8. The van der Waals surface area contributed by atoms with Crippen LogP contribution in [0.2, 0.25) is 0 Å². The Morgan fingerprint density at radius 3 is 2.83 bits per heavy atom. The number of aromatic nitrogens is 2. The maximum Gasteiger partial charge on any atom is 0.193 e. The lowest BCUT2D eigenvalue weighted by Gasteiger charge is -2.34. The van der Waals surface area contributed by atoms with Crippen molar-refractivity contribution in [2.45, 2.75) is 52.6 Å². The minimum atomic E-state index is 0.420. The Morgan fingerprint density at radius 1 is 1.43 bits per heavy atom. The first-order valence-electron chi connectivity index (χ1n) is 8.88. The van der Waals surface area contributed by atoms with Crippen molar-refractivity contribution in [1.29, 1.82) is 0 Å². The van der Waals surface area contributed by atoms with Gasteiger partial charge in [0.2, 0.25) is 0 Å². The van der Waals surface area contributed by atoms with E-state index in [4.69, 9.17) is 9.73 Å². The number of hydrogen-bond donors (Lipinski definition) is 2. The monoisotopic (exact) mass is 321 g/mol. The Bertz CT molecular complexity index is 477. The van der Waals surface area contributed by atoms with Crippen LogP contribution in [-0.2, 0) is 11.2 Å². The van der Waals surface area contributed by atoms with Gasteiger partial charge >= 0.3 is 0 Å². The highest BCUT2D eigenvalue weighted by atomic mass is 16.5. The number of H-pyrrole nitrogens is 1. The second-order valence-electron chi connectivity index (χ2n) is 6.00. The summed E-state index contributed by atoms with van der Waals surface area (Å²) < 4.78 is 5.73. The molecule has 1 aromatic heterocycles. The molecule has 0 aliphatic carbocycles. The molecule has 6 nitrogen and oxygen atoms in total. The fourth-order valence-electron chi connectivity index (χ4n) is 2.98. The van der Waals surface area contributed by atoms with Crippen LogP contribution in [0.3, 0.4) is 0 Å². The van der Waals surface area contributed by atoms with E-state index in [1.54, 1.807) is 0 Å². The molecule has 130 valence electrons. The molecule has 2 rings (SSSR count). The van der Waals surface area contributed by atoms with E-state index in [2.05, 4.69) is 41.2 Å². The highest BCUT2D eigenvalue weighted by Gasteiger charge is 2.21. The van der Waals surface area contributed by atoms with Crippen molar-refractivity contribution in [3.05, 3.63) is 17.5 Å². The third-order valence-electron chi connectivity index (χ3n) is 4.28. The molecule has 0 amide bonds. The van der Waals surface area contributed by atoms with Crippen LogP contribution in [0.25, 0.3) is 0 Å². The number of aryl methyl sites for hydroxylation is 2. The van der Waals surface area contributed by atoms with Gasteiger partial charge in [0.15, 0.2) is 5.96 Å². The lowest BCUT2D eigenvalue weighted by atomic mass is 10.1. The van der Waals surface area contributed by atoms with Crippen LogP contribution in [0.1, 0.15) is 44.4 Å². The van der Waals surface area contributed by atoms with E-state index < -0.39 is 0 Å². The average Bonchev–Trinajstić information content (AvgIpc) is 2.97. The summed E-state index contributed by atoms with van der Waals surface area (Å²) in [6, 6.07) is 0. The number of aliphatic imine (C=N–C) groups is 1. The molecule has 0 aromatic carbocycles. The summed E-state index contributed by atoms with van der Waals surface area (Å²) in [6.45, 7) is 10.9. The SMILES string of the molecule is CCNC(=NCCCc1cn[nH]c1C)N1CCC(OCC)CC1. The quantitative estimate of drug-likeness (QED) is 0.459. The third kappa shape index (κ3) is 5.53. The zero-order chi connectivity index (χ0) is 16.5. The minimum absolute atomic E-state index is 0.420. The van der Waals surface area contributed by atoms with Crippen LogP contribution in [0, 0.1) is 6.92 Å². The molecule has 0 radical (unpaired) electrons. The largest absolute Gasteiger partial charge is 0.378 e. The Hall–Kier alpha value is -1.56. The van der Waals surface area contributed by atoms with E-state index >= 15 is 0 Å².